The smallest absolute Gasteiger partial charge is 0.311 e. The van der Waals surface area contributed by atoms with Crippen LogP contribution in [0.3, 0.4) is 0 Å². The molecule has 0 radical (unpaired) electrons. The first kappa shape index (κ1) is 31.4. The molecule has 0 amide bonds. The second-order valence-electron chi connectivity index (χ2n) is 12.6. The third-order valence-corrected chi connectivity index (χ3v) is 9.11. The number of carbonyl (C=O) groups is 1. The van der Waals surface area contributed by atoms with E-state index < -0.39 is 34.6 Å². The predicted molar refractivity (Wildman–Crippen MR) is 168 cm³/mol. The molecule has 5 rings (SSSR count). The minimum Gasteiger partial charge on any atom is -0.493 e. The van der Waals surface area contributed by atoms with Gasteiger partial charge in [-0.1, -0.05) is 73.7 Å². The zero-order chi connectivity index (χ0) is 31.5. The highest BCUT2D eigenvalue weighted by Crippen LogP contribution is 2.50. The van der Waals surface area contributed by atoms with Crippen LogP contribution in [-0.2, 0) is 29.9 Å². The van der Waals surface area contributed by atoms with Crippen molar-refractivity contribution in [1.29, 1.82) is 0 Å². The number of methoxy groups -OCH3 is 2. The number of carbonyl (C=O) groups excluding carboxylic acids is 1. The molecule has 1 saturated carbocycles. The van der Waals surface area contributed by atoms with Gasteiger partial charge in [0, 0.05) is 10.3 Å². The Kier molecular flexibility index (Phi) is 8.93. The van der Waals surface area contributed by atoms with Gasteiger partial charge in [0.25, 0.3) is 0 Å². The van der Waals surface area contributed by atoms with Crippen LogP contribution in [0, 0.1) is 10.6 Å². The highest BCUT2D eigenvalue weighted by molar-refractivity contribution is 5.78. The summed E-state index contributed by atoms with van der Waals surface area (Å²) in [7, 11) is 3.13. The Balaban J connectivity index is 1.63. The monoisotopic (exact) mass is 601 g/mol. The zero-order valence-electron chi connectivity index (χ0n) is 26.4. The zero-order valence-corrected chi connectivity index (χ0v) is 26.4. The van der Waals surface area contributed by atoms with Crippen molar-refractivity contribution in [1.82, 2.24) is 0 Å². The molecular formula is C36H43NO7. The summed E-state index contributed by atoms with van der Waals surface area (Å²) in [5.41, 5.74) is 0.580. The van der Waals surface area contributed by atoms with Gasteiger partial charge in [-0.05, 0) is 75.3 Å². The standard InChI is InChI=1S/C36H43NO7/c1-7-35(27-20-21-28(40-5)29(23-27)41-6)24-37(39)44-32(31(35)43-33(38)34(2,3)4)42-30-19-14-22-36(30,25-15-10-8-11-16-25)26-17-12-9-13-18-26/h8-13,15-18,20-21,23-24,30-32H,7,14,19,22H2,1-6H3/t30-,31+,32+,35-/m1/s1. The van der Waals surface area contributed by atoms with Crippen molar-refractivity contribution in [2.75, 3.05) is 14.2 Å². The fourth-order valence-electron chi connectivity index (χ4n) is 6.72. The molecule has 8 heteroatoms. The Morgan fingerprint density at radius 3 is 2.09 bits per heavy atom. The lowest BCUT2D eigenvalue weighted by Crippen LogP contribution is -2.59. The third kappa shape index (κ3) is 5.63. The molecule has 44 heavy (non-hydrogen) atoms. The average molecular weight is 602 g/mol. The van der Waals surface area contributed by atoms with E-state index in [-0.39, 0.29) is 6.10 Å². The summed E-state index contributed by atoms with van der Waals surface area (Å²) in [4.78, 5) is 19.9. The molecule has 0 saturated heterocycles. The maximum Gasteiger partial charge on any atom is 0.311 e. The lowest BCUT2D eigenvalue weighted by Gasteiger charge is -2.46. The molecule has 234 valence electrons. The van der Waals surface area contributed by atoms with Crippen LogP contribution in [0.25, 0.3) is 0 Å². The molecule has 1 aliphatic carbocycles. The van der Waals surface area contributed by atoms with Crippen LogP contribution < -0.4 is 9.47 Å². The van der Waals surface area contributed by atoms with Gasteiger partial charge in [0.15, 0.2) is 17.6 Å². The van der Waals surface area contributed by atoms with E-state index in [2.05, 4.69) is 24.3 Å². The van der Waals surface area contributed by atoms with E-state index in [9.17, 15) is 10.0 Å². The first-order valence-corrected chi connectivity index (χ1v) is 15.3. The largest absolute Gasteiger partial charge is 0.493 e. The van der Waals surface area contributed by atoms with Gasteiger partial charge in [0.1, 0.15) is 5.41 Å². The number of nitrogens with zero attached hydrogens (tertiary/aromatic N) is 1. The van der Waals surface area contributed by atoms with Crippen molar-refractivity contribution in [3.63, 3.8) is 0 Å². The SMILES string of the molecule is CC[C@]1(c2ccc(OC)c(OC)c2)C=[N+]([O-])O[C@H](O[C@@H]2CCCC2(c2ccccc2)c2ccccc2)[C@@H]1OC(=O)C(C)(C)C. The molecule has 4 atom stereocenters. The minimum absolute atomic E-state index is 0.361. The van der Waals surface area contributed by atoms with Gasteiger partial charge >= 0.3 is 5.97 Å². The van der Waals surface area contributed by atoms with Crippen LogP contribution in [0.1, 0.15) is 70.1 Å². The summed E-state index contributed by atoms with van der Waals surface area (Å²) in [5, 5.41) is 13.4. The van der Waals surface area contributed by atoms with Crippen molar-refractivity contribution in [3.05, 3.63) is 101 Å². The minimum atomic E-state index is -1.19. The molecule has 8 nitrogen and oxygen atoms in total. The van der Waals surface area contributed by atoms with Gasteiger partial charge in [-0.15, -0.1) is 0 Å². The Hall–Kier alpha value is -4.04. The van der Waals surface area contributed by atoms with Crippen LogP contribution in [-0.4, -0.2) is 49.8 Å². The molecule has 0 unspecified atom stereocenters. The number of benzene rings is 3. The first-order chi connectivity index (χ1) is 21.1. The number of hydrogen-bond donors (Lipinski definition) is 0. The van der Waals surface area contributed by atoms with Crippen LogP contribution in [0.2, 0.25) is 0 Å². The second-order valence-corrected chi connectivity index (χ2v) is 12.6. The van der Waals surface area contributed by atoms with Gasteiger partial charge in [0.2, 0.25) is 12.5 Å². The molecule has 0 spiro atoms. The molecular weight excluding hydrogens is 558 g/mol. The molecule has 3 aromatic carbocycles. The van der Waals surface area contributed by atoms with E-state index in [0.29, 0.717) is 28.4 Å². The molecule has 1 heterocycles. The van der Waals surface area contributed by atoms with E-state index in [1.54, 1.807) is 41.1 Å². The third-order valence-electron chi connectivity index (χ3n) is 9.11. The summed E-state index contributed by atoms with van der Waals surface area (Å²) in [6, 6.07) is 26.1. The molecule has 0 aromatic heterocycles. The molecule has 1 aliphatic heterocycles. The van der Waals surface area contributed by atoms with Crippen molar-refractivity contribution in [2.24, 2.45) is 5.41 Å². The van der Waals surface area contributed by atoms with Crippen LogP contribution in [0.15, 0.2) is 78.9 Å². The van der Waals surface area contributed by atoms with Gasteiger partial charge in [-0.2, -0.15) is 0 Å². The fraction of sp³-hybridized carbons (Fsp3) is 0.444. The Bertz CT molecular complexity index is 1430. The summed E-state index contributed by atoms with van der Waals surface area (Å²) in [6.07, 6.45) is 1.83. The van der Waals surface area contributed by atoms with Crippen LogP contribution in [0.4, 0.5) is 0 Å². The van der Waals surface area contributed by atoms with Gasteiger partial charge in [-0.25, -0.2) is 0 Å². The fourth-order valence-corrected chi connectivity index (χ4v) is 6.72. The van der Waals surface area contributed by atoms with E-state index in [0.717, 1.165) is 30.4 Å². The number of rotatable bonds is 9. The number of esters is 1. The van der Waals surface area contributed by atoms with Gasteiger partial charge < -0.3 is 23.8 Å². The Labute approximate surface area is 260 Å². The van der Waals surface area contributed by atoms with E-state index >= 15 is 0 Å². The van der Waals surface area contributed by atoms with Gasteiger partial charge in [-0.3, -0.25) is 10.0 Å². The molecule has 1 fully saturated rings. The summed E-state index contributed by atoms with van der Waals surface area (Å²) in [6.45, 7) is 7.36. The Morgan fingerprint density at radius 1 is 0.932 bits per heavy atom. The predicted octanol–water partition coefficient (Wildman–Crippen LogP) is 6.72. The quantitative estimate of drug-likeness (QED) is 0.199. The first-order valence-electron chi connectivity index (χ1n) is 15.3. The molecule has 2 aliphatic rings. The maximum atomic E-state index is 13.5. The van der Waals surface area contributed by atoms with Crippen molar-refractivity contribution in [2.45, 2.75) is 82.7 Å². The van der Waals surface area contributed by atoms with Crippen LogP contribution >= 0.6 is 0 Å². The highest BCUT2D eigenvalue weighted by Gasteiger charge is 2.56. The van der Waals surface area contributed by atoms with E-state index in [1.807, 2.05) is 55.5 Å². The molecule has 0 N–H and O–H groups in total. The maximum absolute atomic E-state index is 13.5. The van der Waals surface area contributed by atoms with Gasteiger partial charge in [0.05, 0.1) is 25.7 Å². The molecule has 3 aromatic rings. The summed E-state index contributed by atoms with van der Waals surface area (Å²) < 4.78 is 24.4. The van der Waals surface area contributed by atoms with E-state index in [4.69, 9.17) is 23.8 Å². The summed E-state index contributed by atoms with van der Waals surface area (Å²) in [5.74, 6) is 0.622. The van der Waals surface area contributed by atoms with Crippen molar-refractivity contribution >= 4 is 12.2 Å². The molecule has 0 bridgehead atoms. The Morgan fingerprint density at radius 2 is 1.55 bits per heavy atom. The second kappa shape index (κ2) is 12.5. The lowest BCUT2D eigenvalue weighted by atomic mass is 9.71. The topological polar surface area (TPSA) is 89.3 Å². The number of ether oxygens (including phenoxy) is 4. The van der Waals surface area contributed by atoms with Crippen LogP contribution in [0.5, 0.6) is 11.5 Å². The normalized spacial score (nSPS) is 24.6. The van der Waals surface area contributed by atoms with Crippen molar-refractivity contribution in [3.8, 4) is 11.5 Å². The lowest BCUT2D eigenvalue weighted by molar-refractivity contribution is -0.774. The summed E-state index contributed by atoms with van der Waals surface area (Å²) >= 11 is 0. The highest BCUT2D eigenvalue weighted by atomic mass is 16.9. The van der Waals surface area contributed by atoms with E-state index in [1.165, 1.54) is 6.21 Å². The number of hydrogen-bond acceptors (Lipinski definition) is 7. The van der Waals surface area contributed by atoms with Crippen molar-refractivity contribution < 1.29 is 33.5 Å². The average Bonchev–Trinajstić information content (AvgIpc) is 3.46.